The van der Waals surface area contributed by atoms with E-state index in [1.165, 1.54) is 0 Å². The number of rotatable bonds is 4. The van der Waals surface area contributed by atoms with Crippen molar-refractivity contribution in [3.63, 3.8) is 0 Å². The fourth-order valence-corrected chi connectivity index (χ4v) is 3.41. The Bertz CT molecular complexity index is 435. The van der Waals surface area contributed by atoms with Gasteiger partial charge in [0.2, 0.25) is 0 Å². The Hall–Kier alpha value is -1.20. The predicted octanol–water partition coefficient (Wildman–Crippen LogP) is 1.60. The van der Waals surface area contributed by atoms with E-state index in [0.717, 1.165) is 23.3 Å². The van der Waals surface area contributed by atoms with E-state index in [1.54, 1.807) is 24.3 Å². The first kappa shape index (κ1) is 13.2. The molecule has 0 radical (unpaired) electrons. The van der Waals surface area contributed by atoms with E-state index in [2.05, 4.69) is 0 Å². The molecular formula is C13H16O4S. The molecule has 1 aromatic rings. The third-order valence-corrected chi connectivity index (χ3v) is 4.80. The molecule has 1 aliphatic rings. The van der Waals surface area contributed by atoms with Crippen LogP contribution in [0.5, 0.6) is 0 Å². The molecule has 1 fully saturated rings. The summed E-state index contributed by atoms with van der Waals surface area (Å²) in [5.74, 6) is -0.853. The van der Waals surface area contributed by atoms with Crippen molar-refractivity contribution in [2.45, 2.75) is 29.4 Å². The first-order chi connectivity index (χ1) is 8.66. The average molecular weight is 268 g/mol. The van der Waals surface area contributed by atoms with Crippen LogP contribution in [-0.4, -0.2) is 33.7 Å². The quantitative estimate of drug-likeness (QED) is 0.901. The van der Waals surface area contributed by atoms with Crippen molar-refractivity contribution < 1.29 is 18.8 Å². The minimum absolute atomic E-state index is 0.00415. The highest BCUT2D eigenvalue weighted by Crippen LogP contribution is 2.20. The number of benzene rings is 1. The minimum atomic E-state index is -1.02. The van der Waals surface area contributed by atoms with Crippen LogP contribution in [0.1, 0.15) is 18.4 Å². The Morgan fingerprint density at radius 2 is 1.89 bits per heavy atom. The van der Waals surface area contributed by atoms with Crippen molar-refractivity contribution in [2.24, 2.45) is 0 Å². The molecule has 1 aliphatic heterocycles. The van der Waals surface area contributed by atoms with Gasteiger partial charge in [0, 0.05) is 23.4 Å². The van der Waals surface area contributed by atoms with Crippen LogP contribution < -0.4 is 0 Å². The lowest BCUT2D eigenvalue weighted by Crippen LogP contribution is -2.24. The second-order valence-electron chi connectivity index (χ2n) is 4.32. The van der Waals surface area contributed by atoms with Gasteiger partial charge < -0.3 is 9.84 Å². The number of carboxylic acids is 1. The van der Waals surface area contributed by atoms with Gasteiger partial charge >= 0.3 is 5.97 Å². The van der Waals surface area contributed by atoms with Gasteiger partial charge in [0.25, 0.3) is 0 Å². The molecule has 98 valence electrons. The predicted molar refractivity (Wildman–Crippen MR) is 68.0 cm³/mol. The van der Waals surface area contributed by atoms with Crippen LogP contribution in [0.3, 0.4) is 0 Å². The minimum Gasteiger partial charge on any atom is -0.481 e. The highest BCUT2D eigenvalue weighted by atomic mass is 32.2. The largest absolute Gasteiger partial charge is 0.481 e. The summed E-state index contributed by atoms with van der Waals surface area (Å²) >= 11 is 0. The number of hydrogen-bond donors (Lipinski definition) is 1. The topological polar surface area (TPSA) is 63.6 Å². The van der Waals surface area contributed by atoms with E-state index >= 15 is 0 Å². The SMILES string of the molecule is O=C(O)Cc1ccc(S(=O)C2CCOCC2)cc1. The highest BCUT2D eigenvalue weighted by molar-refractivity contribution is 7.85. The van der Waals surface area contributed by atoms with Crippen molar-refractivity contribution >= 4 is 16.8 Å². The van der Waals surface area contributed by atoms with Crippen molar-refractivity contribution in [3.05, 3.63) is 29.8 Å². The molecule has 0 amide bonds. The van der Waals surface area contributed by atoms with Crippen molar-refractivity contribution in [1.29, 1.82) is 0 Å². The van der Waals surface area contributed by atoms with E-state index in [1.807, 2.05) is 0 Å². The fourth-order valence-electron chi connectivity index (χ4n) is 2.00. The molecule has 1 unspecified atom stereocenters. The molecule has 1 N–H and O–H groups in total. The third-order valence-electron chi connectivity index (χ3n) is 2.98. The van der Waals surface area contributed by atoms with Crippen LogP contribution in [0.15, 0.2) is 29.2 Å². The summed E-state index contributed by atoms with van der Waals surface area (Å²) < 4.78 is 17.5. The molecule has 0 bridgehead atoms. The van der Waals surface area contributed by atoms with E-state index in [9.17, 15) is 9.00 Å². The fraction of sp³-hybridized carbons (Fsp3) is 0.462. The van der Waals surface area contributed by atoms with Gasteiger partial charge in [-0.2, -0.15) is 0 Å². The molecule has 1 aromatic carbocycles. The highest BCUT2D eigenvalue weighted by Gasteiger charge is 2.21. The Kier molecular flexibility index (Phi) is 4.49. The number of hydrogen-bond acceptors (Lipinski definition) is 3. The summed E-state index contributed by atoms with van der Waals surface area (Å²) in [6.45, 7) is 1.35. The van der Waals surface area contributed by atoms with Crippen molar-refractivity contribution in [2.75, 3.05) is 13.2 Å². The summed E-state index contributed by atoms with van der Waals surface area (Å²) in [7, 11) is -1.02. The number of carbonyl (C=O) groups is 1. The van der Waals surface area contributed by atoms with E-state index in [0.29, 0.717) is 13.2 Å². The first-order valence-corrected chi connectivity index (χ1v) is 7.17. The van der Waals surface area contributed by atoms with Gasteiger partial charge in [-0.1, -0.05) is 12.1 Å². The molecule has 0 aliphatic carbocycles. The number of ether oxygens (including phenoxy) is 1. The molecule has 4 nitrogen and oxygen atoms in total. The second kappa shape index (κ2) is 6.11. The van der Waals surface area contributed by atoms with Gasteiger partial charge in [-0.05, 0) is 30.5 Å². The van der Waals surface area contributed by atoms with Gasteiger partial charge in [0.1, 0.15) is 0 Å². The lowest BCUT2D eigenvalue weighted by atomic mass is 10.2. The average Bonchev–Trinajstić information content (AvgIpc) is 2.39. The molecule has 0 saturated carbocycles. The Morgan fingerprint density at radius 1 is 1.28 bits per heavy atom. The van der Waals surface area contributed by atoms with Crippen molar-refractivity contribution in [3.8, 4) is 0 Å². The maximum absolute atomic E-state index is 12.3. The zero-order valence-corrected chi connectivity index (χ0v) is 10.8. The lowest BCUT2D eigenvalue weighted by Gasteiger charge is -2.21. The molecule has 2 rings (SSSR count). The normalized spacial score (nSPS) is 18.4. The Morgan fingerprint density at radius 3 is 2.44 bits per heavy atom. The number of carboxylic acid groups (broad SMARTS) is 1. The maximum atomic E-state index is 12.3. The smallest absolute Gasteiger partial charge is 0.307 e. The Balaban J connectivity index is 2.04. The molecule has 18 heavy (non-hydrogen) atoms. The van der Waals surface area contributed by atoms with Crippen LogP contribution in [0.25, 0.3) is 0 Å². The summed E-state index contributed by atoms with van der Waals surface area (Å²) in [5, 5.41) is 8.83. The zero-order valence-electron chi connectivity index (χ0n) is 10.0. The summed E-state index contributed by atoms with van der Waals surface area (Å²) in [6.07, 6.45) is 1.65. The van der Waals surface area contributed by atoms with Gasteiger partial charge in [-0.3, -0.25) is 9.00 Å². The van der Waals surface area contributed by atoms with Gasteiger partial charge in [0.15, 0.2) is 0 Å². The summed E-state index contributed by atoms with van der Waals surface area (Å²) in [5.41, 5.74) is 0.732. The first-order valence-electron chi connectivity index (χ1n) is 5.96. The molecule has 0 aromatic heterocycles. The molecular weight excluding hydrogens is 252 g/mol. The van der Waals surface area contributed by atoms with Crippen LogP contribution in [0.2, 0.25) is 0 Å². The van der Waals surface area contributed by atoms with E-state index in [-0.39, 0.29) is 11.7 Å². The van der Waals surface area contributed by atoms with Crippen LogP contribution in [0, 0.1) is 0 Å². The van der Waals surface area contributed by atoms with Gasteiger partial charge in [0.05, 0.1) is 17.2 Å². The number of aliphatic carboxylic acids is 1. The molecule has 0 spiro atoms. The second-order valence-corrected chi connectivity index (χ2v) is 6.06. The molecule has 5 heteroatoms. The lowest BCUT2D eigenvalue weighted by molar-refractivity contribution is -0.136. The standard InChI is InChI=1S/C13H16O4S/c14-13(15)9-10-1-3-11(4-2-10)18(16)12-5-7-17-8-6-12/h1-4,12H,5-9H2,(H,14,15). The van der Waals surface area contributed by atoms with Gasteiger partial charge in [-0.25, -0.2) is 0 Å². The van der Waals surface area contributed by atoms with Crippen molar-refractivity contribution in [1.82, 2.24) is 0 Å². The van der Waals surface area contributed by atoms with E-state index in [4.69, 9.17) is 9.84 Å². The van der Waals surface area contributed by atoms with Crippen LogP contribution >= 0.6 is 0 Å². The third kappa shape index (κ3) is 3.40. The summed E-state index contributed by atoms with van der Waals surface area (Å²) in [6, 6.07) is 7.01. The molecule has 1 heterocycles. The monoisotopic (exact) mass is 268 g/mol. The molecule has 1 atom stereocenters. The van der Waals surface area contributed by atoms with Crippen LogP contribution in [-0.2, 0) is 26.8 Å². The summed E-state index contributed by atoms with van der Waals surface area (Å²) in [4.78, 5) is 11.3. The maximum Gasteiger partial charge on any atom is 0.307 e. The Labute approximate surface area is 108 Å². The van der Waals surface area contributed by atoms with Crippen LogP contribution in [0.4, 0.5) is 0 Å². The molecule has 1 saturated heterocycles. The van der Waals surface area contributed by atoms with Gasteiger partial charge in [-0.15, -0.1) is 0 Å². The van der Waals surface area contributed by atoms with E-state index < -0.39 is 16.8 Å². The zero-order chi connectivity index (χ0) is 13.0.